The zero-order valence-corrected chi connectivity index (χ0v) is 13.0. The second-order valence-corrected chi connectivity index (χ2v) is 5.42. The summed E-state index contributed by atoms with van der Waals surface area (Å²) in [5, 5.41) is 0. The number of halogens is 1. The molecular formula is C18H22FNO. The van der Waals surface area contributed by atoms with Gasteiger partial charge in [0.25, 0.3) is 0 Å². The molecule has 0 saturated carbocycles. The first kappa shape index (κ1) is 15.5. The van der Waals surface area contributed by atoms with Gasteiger partial charge in [-0.3, -0.25) is 0 Å². The molecular weight excluding hydrogens is 265 g/mol. The summed E-state index contributed by atoms with van der Waals surface area (Å²) < 4.78 is 19.2. The third-order valence-electron chi connectivity index (χ3n) is 4.26. The average Bonchev–Trinajstić information content (AvgIpc) is 2.49. The van der Waals surface area contributed by atoms with Crippen molar-refractivity contribution in [3.8, 4) is 5.75 Å². The van der Waals surface area contributed by atoms with Crippen LogP contribution in [-0.4, -0.2) is 7.11 Å². The first-order valence-corrected chi connectivity index (χ1v) is 7.13. The Balaban J connectivity index is 2.69. The lowest BCUT2D eigenvalue weighted by Gasteiger charge is -2.32. The molecule has 112 valence electrons. The van der Waals surface area contributed by atoms with Crippen LogP contribution in [0.3, 0.4) is 0 Å². The highest BCUT2D eigenvalue weighted by atomic mass is 19.1. The maximum atomic E-state index is 13.6. The van der Waals surface area contributed by atoms with Crippen LogP contribution in [0, 0.1) is 19.7 Å². The fourth-order valence-electron chi connectivity index (χ4n) is 2.72. The highest BCUT2D eigenvalue weighted by Gasteiger charge is 2.32. The van der Waals surface area contributed by atoms with Crippen LogP contribution in [0.2, 0.25) is 0 Å². The van der Waals surface area contributed by atoms with E-state index >= 15 is 0 Å². The normalized spacial score (nSPS) is 13.8. The summed E-state index contributed by atoms with van der Waals surface area (Å²) in [6, 6.07) is 10.5. The minimum Gasteiger partial charge on any atom is -0.496 e. The maximum absolute atomic E-state index is 13.6. The monoisotopic (exact) mass is 287 g/mol. The quantitative estimate of drug-likeness (QED) is 0.920. The van der Waals surface area contributed by atoms with E-state index in [2.05, 4.69) is 0 Å². The summed E-state index contributed by atoms with van der Waals surface area (Å²) in [5.74, 6) is 0.502. The fraction of sp³-hybridized carbons (Fsp3) is 0.333. The van der Waals surface area contributed by atoms with E-state index in [9.17, 15) is 4.39 Å². The van der Waals surface area contributed by atoms with Gasteiger partial charge in [0.05, 0.1) is 12.6 Å². The van der Waals surface area contributed by atoms with Gasteiger partial charge < -0.3 is 10.5 Å². The number of benzene rings is 2. The van der Waals surface area contributed by atoms with Gasteiger partial charge in [-0.05, 0) is 49.1 Å². The molecule has 2 rings (SSSR count). The molecule has 2 aromatic carbocycles. The van der Waals surface area contributed by atoms with Crippen molar-refractivity contribution in [2.75, 3.05) is 7.11 Å². The topological polar surface area (TPSA) is 35.2 Å². The molecule has 0 amide bonds. The minimum atomic E-state index is -0.772. The number of hydrogen-bond donors (Lipinski definition) is 1. The molecule has 0 bridgehead atoms. The second kappa shape index (κ2) is 5.86. The molecule has 1 unspecified atom stereocenters. The van der Waals surface area contributed by atoms with Crippen LogP contribution >= 0.6 is 0 Å². The summed E-state index contributed by atoms with van der Waals surface area (Å²) in [4.78, 5) is 0. The Kier molecular flexibility index (Phi) is 4.33. The Morgan fingerprint density at radius 1 is 1.19 bits per heavy atom. The Hall–Kier alpha value is -1.87. The van der Waals surface area contributed by atoms with Gasteiger partial charge in [0.1, 0.15) is 11.6 Å². The van der Waals surface area contributed by atoms with Crippen molar-refractivity contribution in [2.45, 2.75) is 32.7 Å². The average molecular weight is 287 g/mol. The van der Waals surface area contributed by atoms with E-state index < -0.39 is 5.54 Å². The molecule has 2 nitrogen and oxygen atoms in total. The predicted molar refractivity (Wildman–Crippen MR) is 84.1 cm³/mol. The largest absolute Gasteiger partial charge is 0.496 e. The zero-order chi connectivity index (χ0) is 15.6. The molecule has 3 heteroatoms. The smallest absolute Gasteiger partial charge is 0.127 e. The van der Waals surface area contributed by atoms with E-state index in [1.807, 2.05) is 39.0 Å². The van der Waals surface area contributed by atoms with E-state index in [1.54, 1.807) is 13.2 Å². The van der Waals surface area contributed by atoms with Gasteiger partial charge >= 0.3 is 0 Å². The van der Waals surface area contributed by atoms with Crippen molar-refractivity contribution in [3.63, 3.8) is 0 Å². The van der Waals surface area contributed by atoms with Crippen LogP contribution in [0.5, 0.6) is 5.75 Å². The van der Waals surface area contributed by atoms with Gasteiger partial charge in [-0.15, -0.1) is 0 Å². The van der Waals surface area contributed by atoms with Gasteiger partial charge in [-0.1, -0.05) is 31.2 Å². The predicted octanol–water partition coefficient (Wildman–Crippen LogP) is 4.06. The number of aryl methyl sites for hydroxylation is 1. The van der Waals surface area contributed by atoms with Crippen molar-refractivity contribution in [1.82, 2.24) is 0 Å². The molecule has 0 aliphatic rings. The molecule has 21 heavy (non-hydrogen) atoms. The van der Waals surface area contributed by atoms with Gasteiger partial charge in [0, 0.05) is 5.56 Å². The van der Waals surface area contributed by atoms with Gasteiger partial charge in [0.15, 0.2) is 0 Å². The lowest BCUT2D eigenvalue weighted by Crippen LogP contribution is -2.38. The van der Waals surface area contributed by atoms with E-state index in [0.717, 1.165) is 28.0 Å². The number of nitrogens with two attached hydrogens (primary N) is 1. The van der Waals surface area contributed by atoms with Gasteiger partial charge in [-0.25, -0.2) is 4.39 Å². The van der Waals surface area contributed by atoms with Crippen molar-refractivity contribution in [1.29, 1.82) is 0 Å². The first-order valence-electron chi connectivity index (χ1n) is 7.13. The minimum absolute atomic E-state index is 0.279. The Morgan fingerprint density at radius 2 is 1.90 bits per heavy atom. The SMILES string of the molecule is CCC(N)(c1cccc(F)c1)c1ccc(C)c(C)c1OC. The van der Waals surface area contributed by atoms with E-state index in [4.69, 9.17) is 10.5 Å². The van der Waals surface area contributed by atoms with E-state index in [0.29, 0.717) is 6.42 Å². The third kappa shape index (κ3) is 2.66. The Bertz CT molecular complexity index is 654. The number of hydrogen-bond acceptors (Lipinski definition) is 2. The van der Waals surface area contributed by atoms with Crippen LogP contribution in [0.25, 0.3) is 0 Å². The molecule has 0 heterocycles. The van der Waals surface area contributed by atoms with E-state index in [-0.39, 0.29) is 5.82 Å². The highest BCUT2D eigenvalue weighted by molar-refractivity contribution is 5.52. The summed E-state index contributed by atoms with van der Waals surface area (Å²) in [5.41, 5.74) is 9.74. The number of methoxy groups -OCH3 is 1. The third-order valence-corrected chi connectivity index (χ3v) is 4.26. The summed E-state index contributed by atoms with van der Waals surface area (Å²) >= 11 is 0. The lowest BCUT2D eigenvalue weighted by atomic mass is 9.80. The maximum Gasteiger partial charge on any atom is 0.127 e. The zero-order valence-electron chi connectivity index (χ0n) is 13.0. The number of rotatable bonds is 4. The summed E-state index contributed by atoms with van der Waals surface area (Å²) in [6.07, 6.45) is 0.648. The highest BCUT2D eigenvalue weighted by Crippen LogP contribution is 2.39. The molecule has 0 radical (unpaired) electrons. The van der Waals surface area contributed by atoms with Gasteiger partial charge in [-0.2, -0.15) is 0 Å². The molecule has 1 atom stereocenters. The van der Waals surface area contributed by atoms with Crippen molar-refractivity contribution in [3.05, 3.63) is 64.5 Å². The second-order valence-electron chi connectivity index (χ2n) is 5.42. The Labute approximate surface area is 125 Å². The molecule has 2 N–H and O–H groups in total. The fourth-order valence-corrected chi connectivity index (χ4v) is 2.72. The van der Waals surface area contributed by atoms with Gasteiger partial charge in [0.2, 0.25) is 0 Å². The van der Waals surface area contributed by atoms with Crippen molar-refractivity contribution < 1.29 is 9.13 Å². The molecule has 0 aliphatic carbocycles. The molecule has 0 aliphatic heterocycles. The Morgan fingerprint density at radius 3 is 2.48 bits per heavy atom. The molecule has 0 aromatic heterocycles. The van der Waals surface area contributed by atoms with E-state index in [1.165, 1.54) is 12.1 Å². The van der Waals surface area contributed by atoms with Crippen LogP contribution < -0.4 is 10.5 Å². The molecule has 0 saturated heterocycles. The molecule has 0 fully saturated rings. The molecule has 0 spiro atoms. The first-order chi connectivity index (χ1) is 9.93. The summed E-state index contributed by atoms with van der Waals surface area (Å²) in [7, 11) is 1.65. The standard InChI is InChI=1S/C18H22FNO/c1-5-18(20,14-7-6-8-15(19)11-14)16-10-9-12(2)13(3)17(16)21-4/h6-11H,5,20H2,1-4H3. The lowest BCUT2D eigenvalue weighted by molar-refractivity contribution is 0.388. The van der Waals surface area contributed by atoms with Crippen molar-refractivity contribution in [2.24, 2.45) is 5.73 Å². The summed E-state index contributed by atoms with van der Waals surface area (Å²) in [6.45, 7) is 6.05. The van der Waals surface area contributed by atoms with Crippen LogP contribution in [0.15, 0.2) is 36.4 Å². The van der Waals surface area contributed by atoms with Crippen molar-refractivity contribution >= 4 is 0 Å². The molecule has 2 aromatic rings. The number of ether oxygens (including phenoxy) is 1. The van der Waals surface area contributed by atoms with Crippen LogP contribution in [0.1, 0.15) is 35.6 Å². The van der Waals surface area contributed by atoms with Crippen LogP contribution in [-0.2, 0) is 5.54 Å². The van der Waals surface area contributed by atoms with Crippen LogP contribution in [0.4, 0.5) is 4.39 Å².